The molecule has 3 aromatic rings. The molecule has 3 rings (SSSR count). The van der Waals surface area contributed by atoms with E-state index in [-0.39, 0.29) is 10.6 Å². The van der Waals surface area contributed by atoms with Crippen molar-refractivity contribution in [1.82, 2.24) is 4.98 Å². The van der Waals surface area contributed by atoms with Crippen molar-refractivity contribution in [3.63, 3.8) is 0 Å². The first-order valence-electron chi connectivity index (χ1n) is 10.4. The van der Waals surface area contributed by atoms with Gasteiger partial charge in [-0.3, -0.25) is 5.41 Å². The third kappa shape index (κ3) is 6.07. The van der Waals surface area contributed by atoms with Gasteiger partial charge in [0.25, 0.3) is 0 Å². The zero-order valence-corrected chi connectivity index (χ0v) is 19.3. The lowest BCUT2D eigenvalue weighted by Crippen LogP contribution is -2.09. The molecule has 0 bridgehead atoms. The molecule has 0 unspecified atom stereocenters. The first-order chi connectivity index (χ1) is 15.1. The molecule has 0 atom stereocenters. The summed E-state index contributed by atoms with van der Waals surface area (Å²) in [6.07, 6.45) is 3.89. The minimum absolute atomic E-state index is 0.236. The maximum Gasteiger partial charge on any atom is 0.175 e. The Hall–Kier alpha value is -3.39. The van der Waals surface area contributed by atoms with E-state index in [1.54, 1.807) is 54.7 Å². The first-order valence-corrected chi connectivity index (χ1v) is 12.3. The molecular formula is C24H29N5O2S. The molecule has 1 heterocycles. The maximum absolute atomic E-state index is 11.8. The Morgan fingerprint density at radius 3 is 2.56 bits per heavy atom. The summed E-state index contributed by atoms with van der Waals surface area (Å²) < 4.78 is 23.7. The molecule has 0 saturated carbocycles. The van der Waals surface area contributed by atoms with Gasteiger partial charge in [-0.1, -0.05) is 19.9 Å². The number of aromatic nitrogens is 1. The summed E-state index contributed by atoms with van der Waals surface area (Å²) in [6, 6.07) is 15.5. The van der Waals surface area contributed by atoms with E-state index >= 15 is 0 Å². The Morgan fingerprint density at radius 2 is 1.84 bits per heavy atom. The van der Waals surface area contributed by atoms with Crippen molar-refractivity contribution >= 4 is 38.4 Å². The number of sulfone groups is 1. The number of nitrogens with one attached hydrogen (secondary N) is 3. The van der Waals surface area contributed by atoms with Crippen molar-refractivity contribution in [1.29, 1.82) is 5.41 Å². The number of pyridine rings is 1. The van der Waals surface area contributed by atoms with Crippen LogP contribution < -0.4 is 16.4 Å². The predicted molar refractivity (Wildman–Crippen MR) is 132 cm³/mol. The normalized spacial score (nSPS) is 11.4. The number of hydrogen-bond donors (Lipinski definition) is 4. The summed E-state index contributed by atoms with van der Waals surface area (Å²) in [4.78, 5) is 4.57. The minimum Gasteiger partial charge on any atom is -0.398 e. The molecule has 0 aliphatic rings. The summed E-state index contributed by atoms with van der Waals surface area (Å²) >= 11 is 0. The second-order valence-corrected chi connectivity index (χ2v) is 10.2. The second kappa shape index (κ2) is 9.82. The topological polar surface area (TPSA) is 121 Å². The highest BCUT2D eigenvalue weighted by atomic mass is 32.2. The second-order valence-electron chi connectivity index (χ2n) is 8.14. The standard InChI is InChI=1S/C24H29N5O2S/c1-16(2)9-11-27-23-13-17(10-12-28-23)24(26)21-15-19(7-8-22(21)25)29-18-5-4-6-20(14-18)32(3,30)31/h4-8,10,12-16,26,29H,9,11,25H2,1-3H3,(H,27,28). The average molecular weight is 452 g/mol. The lowest BCUT2D eigenvalue weighted by atomic mass is 10.0. The molecule has 0 radical (unpaired) electrons. The van der Waals surface area contributed by atoms with Crippen molar-refractivity contribution in [3.8, 4) is 0 Å². The van der Waals surface area contributed by atoms with E-state index < -0.39 is 9.84 Å². The molecule has 8 heteroatoms. The molecule has 0 spiro atoms. The summed E-state index contributed by atoms with van der Waals surface area (Å²) in [5.74, 6) is 1.32. The van der Waals surface area contributed by atoms with Gasteiger partial charge in [-0.15, -0.1) is 0 Å². The third-order valence-corrected chi connectivity index (χ3v) is 6.06. The Balaban J connectivity index is 1.82. The largest absolute Gasteiger partial charge is 0.398 e. The van der Waals surface area contributed by atoms with E-state index in [0.717, 1.165) is 18.8 Å². The molecule has 0 aliphatic carbocycles. The fourth-order valence-corrected chi connectivity index (χ4v) is 3.82. The summed E-state index contributed by atoms with van der Waals surface area (Å²) in [6.45, 7) is 5.15. The summed E-state index contributed by atoms with van der Waals surface area (Å²) in [5, 5.41) is 15.2. The molecule has 0 saturated heterocycles. The van der Waals surface area contributed by atoms with Crippen molar-refractivity contribution in [2.45, 2.75) is 25.2 Å². The minimum atomic E-state index is -3.30. The number of benzene rings is 2. The van der Waals surface area contributed by atoms with Crippen molar-refractivity contribution < 1.29 is 8.42 Å². The van der Waals surface area contributed by atoms with Crippen molar-refractivity contribution in [2.24, 2.45) is 5.92 Å². The summed E-state index contributed by atoms with van der Waals surface area (Å²) in [5.41, 5.74) is 9.56. The average Bonchev–Trinajstić information content (AvgIpc) is 2.74. The smallest absolute Gasteiger partial charge is 0.175 e. The van der Waals surface area contributed by atoms with Crippen LogP contribution in [0.5, 0.6) is 0 Å². The van der Waals surface area contributed by atoms with Crippen molar-refractivity contribution in [2.75, 3.05) is 29.2 Å². The Morgan fingerprint density at radius 1 is 1.09 bits per heavy atom. The van der Waals surface area contributed by atoms with Gasteiger partial charge in [0.2, 0.25) is 0 Å². The quantitative estimate of drug-likeness (QED) is 0.277. The van der Waals surface area contributed by atoms with Gasteiger partial charge in [0.05, 0.1) is 10.6 Å². The molecule has 5 N–H and O–H groups in total. The van der Waals surface area contributed by atoms with Gasteiger partial charge in [-0.25, -0.2) is 13.4 Å². The van der Waals surface area contributed by atoms with Crippen LogP contribution in [-0.2, 0) is 9.84 Å². The maximum atomic E-state index is 11.8. The first kappa shape index (κ1) is 23.3. The molecular weight excluding hydrogens is 422 g/mol. The molecule has 1 aromatic heterocycles. The van der Waals surface area contributed by atoms with Crippen LogP contribution in [0, 0.1) is 11.3 Å². The van der Waals surface area contributed by atoms with Crippen LogP contribution >= 0.6 is 0 Å². The highest BCUT2D eigenvalue weighted by Crippen LogP contribution is 2.25. The van der Waals surface area contributed by atoms with E-state index in [1.807, 2.05) is 6.07 Å². The number of nitrogens with zero attached hydrogens (tertiary/aromatic N) is 1. The number of nitrogen functional groups attached to an aromatic ring is 1. The van der Waals surface area contributed by atoms with Gasteiger partial charge >= 0.3 is 0 Å². The van der Waals surface area contributed by atoms with Crippen LogP contribution in [0.2, 0.25) is 0 Å². The SMILES string of the molecule is CC(C)CCNc1cc(C(=N)c2cc(Nc3cccc(S(C)(=O)=O)c3)ccc2N)ccn1. The van der Waals surface area contributed by atoms with Crippen LogP contribution in [0.4, 0.5) is 22.9 Å². The molecule has 0 aliphatic heterocycles. The van der Waals surface area contributed by atoms with E-state index in [0.29, 0.717) is 34.1 Å². The fraction of sp³-hybridized carbons (Fsp3) is 0.250. The van der Waals surface area contributed by atoms with E-state index in [4.69, 9.17) is 11.1 Å². The predicted octanol–water partition coefficient (Wildman–Crippen LogP) is 4.69. The van der Waals surface area contributed by atoms with Gasteiger partial charge in [-0.05, 0) is 60.9 Å². The third-order valence-electron chi connectivity index (χ3n) is 4.95. The van der Waals surface area contributed by atoms with Gasteiger partial charge in [-0.2, -0.15) is 0 Å². The number of nitrogens with two attached hydrogens (primary N) is 1. The van der Waals surface area contributed by atoms with Crippen LogP contribution in [0.25, 0.3) is 0 Å². The monoisotopic (exact) mass is 451 g/mol. The molecule has 7 nitrogen and oxygen atoms in total. The lowest BCUT2D eigenvalue weighted by molar-refractivity contribution is 0.602. The number of anilines is 4. The van der Waals surface area contributed by atoms with E-state index in [2.05, 4.69) is 29.5 Å². The zero-order chi connectivity index (χ0) is 23.3. The molecule has 168 valence electrons. The Kier molecular flexibility index (Phi) is 7.15. The lowest BCUT2D eigenvalue weighted by Gasteiger charge is -2.13. The molecule has 32 heavy (non-hydrogen) atoms. The number of hydrogen-bond acceptors (Lipinski definition) is 7. The highest BCUT2D eigenvalue weighted by molar-refractivity contribution is 7.90. The van der Waals surface area contributed by atoms with Gasteiger partial charge in [0, 0.05) is 47.2 Å². The van der Waals surface area contributed by atoms with E-state index in [9.17, 15) is 8.42 Å². The Labute approximate surface area is 189 Å². The van der Waals surface area contributed by atoms with Gasteiger partial charge in [0.1, 0.15) is 5.82 Å². The molecule has 2 aromatic carbocycles. The van der Waals surface area contributed by atoms with Crippen LogP contribution in [0.1, 0.15) is 31.4 Å². The van der Waals surface area contributed by atoms with Crippen LogP contribution in [0.3, 0.4) is 0 Å². The zero-order valence-electron chi connectivity index (χ0n) is 18.5. The van der Waals surface area contributed by atoms with Crippen LogP contribution in [0.15, 0.2) is 65.7 Å². The van der Waals surface area contributed by atoms with Crippen molar-refractivity contribution in [3.05, 3.63) is 71.9 Å². The highest BCUT2D eigenvalue weighted by Gasteiger charge is 2.12. The fourth-order valence-electron chi connectivity index (χ4n) is 3.15. The van der Waals surface area contributed by atoms with Crippen LogP contribution in [-0.4, -0.2) is 31.9 Å². The molecule has 0 fully saturated rings. The van der Waals surface area contributed by atoms with E-state index in [1.165, 1.54) is 6.26 Å². The van der Waals surface area contributed by atoms with Gasteiger partial charge in [0.15, 0.2) is 9.84 Å². The molecule has 0 amide bonds. The number of rotatable bonds is 9. The van der Waals surface area contributed by atoms with Gasteiger partial charge < -0.3 is 16.4 Å². The Bertz CT molecular complexity index is 1220. The summed E-state index contributed by atoms with van der Waals surface area (Å²) in [7, 11) is -3.30.